The number of piperidine rings is 1. The van der Waals surface area contributed by atoms with Gasteiger partial charge in [0.25, 0.3) is 0 Å². The first kappa shape index (κ1) is 17.7. The van der Waals surface area contributed by atoms with Gasteiger partial charge >= 0.3 is 12.1 Å². The molecule has 2 rings (SSSR count). The molecule has 1 saturated carbocycles. The zero-order valence-electron chi connectivity index (χ0n) is 12.5. The molecule has 1 aliphatic heterocycles. The van der Waals surface area contributed by atoms with Crippen LogP contribution in [0.2, 0.25) is 0 Å². The largest absolute Gasteiger partial charge is 0.490 e. The molecule has 2 aliphatic rings. The van der Waals surface area contributed by atoms with Crippen LogP contribution in [0.25, 0.3) is 0 Å². The van der Waals surface area contributed by atoms with Crippen molar-refractivity contribution in [2.75, 3.05) is 13.1 Å². The molecule has 21 heavy (non-hydrogen) atoms. The molecular weight excluding hydrogens is 289 g/mol. The molecule has 1 amide bonds. The van der Waals surface area contributed by atoms with Crippen LogP contribution in [-0.2, 0) is 9.59 Å². The van der Waals surface area contributed by atoms with Crippen molar-refractivity contribution in [1.29, 1.82) is 0 Å². The smallest absolute Gasteiger partial charge is 0.475 e. The number of hydrogen-bond acceptors (Lipinski definition) is 3. The van der Waals surface area contributed by atoms with Crippen molar-refractivity contribution in [2.45, 2.75) is 39.4 Å². The fraction of sp³-hybridized carbons (Fsp3) is 0.846. The SMILES string of the molecule is CC(C)(C)NC(=O)C1(C)[C@@H]2CNC[C@@H]21.O=C(O)C(F)(F)F. The van der Waals surface area contributed by atoms with Crippen molar-refractivity contribution in [3.8, 4) is 0 Å². The number of carboxylic acids is 1. The molecule has 2 fully saturated rings. The Morgan fingerprint density at radius 2 is 1.57 bits per heavy atom. The van der Waals surface area contributed by atoms with E-state index in [4.69, 9.17) is 9.90 Å². The fourth-order valence-electron chi connectivity index (χ4n) is 2.61. The minimum Gasteiger partial charge on any atom is -0.475 e. The lowest BCUT2D eigenvalue weighted by molar-refractivity contribution is -0.192. The molecule has 1 heterocycles. The lowest BCUT2D eigenvalue weighted by atomic mass is 9.99. The Morgan fingerprint density at radius 1 is 1.19 bits per heavy atom. The van der Waals surface area contributed by atoms with Gasteiger partial charge in [-0.05, 0) is 45.7 Å². The third-order valence-corrected chi connectivity index (χ3v) is 3.87. The minimum atomic E-state index is -5.08. The van der Waals surface area contributed by atoms with E-state index in [1.165, 1.54) is 0 Å². The maximum atomic E-state index is 12.0. The molecule has 0 spiro atoms. The summed E-state index contributed by atoms with van der Waals surface area (Å²) in [4.78, 5) is 20.9. The van der Waals surface area contributed by atoms with Gasteiger partial charge in [-0.15, -0.1) is 0 Å². The summed E-state index contributed by atoms with van der Waals surface area (Å²) in [6, 6.07) is 0. The van der Waals surface area contributed by atoms with Crippen LogP contribution >= 0.6 is 0 Å². The van der Waals surface area contributed by atoms with Gasteiger partial charge in [-0.25, -0.2) is 4.79 Å². The Balaban J connectivity index is 0.000000270. The van der Waals surface area contributed by atoms with Crippen LogP contribution in [-0.4, -0.2) is 41.8 Å². The van der Waals surface area contributed by atoms with Gasteiger partial charge in [0, 0.05) is 5.54 Å². The van der Waals surface area contributed by atoms with E-state index in [2.05, 4.69) is 17.6 Å². The molecule has 0 aromatic heterocycles. The quantitative estimate of drug-likeness (QED) is 0.684. The van der Waals surface area contributed by atoms with E-state index in [-0.39, 0.29) is 16.9 Å². The van der Waals surface area contributed by atoms with E-state index in [1.807, 2.05) is 20.8 Å². The number of hydrogen-bond donors (Lipinski definition) is 3. The van der Waals surface area contributed by atoms with Gasteiger partial charge in [0.15, 0.2) is 0 Å². The molecule has 122 valence electrons. The summed E-state index contributed by atoms with van der Waals surface area (Å²) in [5.74, 6) is -1.37. The first-order valence-corrected chi connectivity index (χ1v) is 6.63. The maximum Gasteiger partial charge on any atom is 0.490 e. The van der Waals surface area contributed by atoms with Crippen LogP contribution in [0.1, 0.15) is 27.7 Å². The number of fused-ring (bicyclic) bond motifs is 1. The van der Waals surface area contributed by atoms with Gasteiger partial charge in [-0.1, -0.05) is 6.92 Å². The van der Waals surface area contributed by atoms with Crippen LogP contribution in [0.15, 0.2) is 0 Å². The number of amides is 1. The van der Waals surface area contributed by atoms with E-state index in [9.17, 15) is 18.0 Å². The Bertz CT molecular complexity index is 419. The topological polar surface area (TPSA) is 78.4 Å². The van der Waals surface area contributed by atoms with Gasteiger partial charge in [-0.3, -0.25) is 4.79 Å². The van der Waals surface area contributed by atoms with Gasteiger partial charge in [0.1, 0.15) is 0 Å². The average Bonchev–Trinajstić information content (AvgIpc) is 2.68. The predicted molar refractivity (Wildman–Crippen MR) is 69.5 cm³/mol. The molecule has 1 unspecified atom stereocenters. The second-order valence-corrected chi connectivity index (χ2v) is 6.66. The molecule has 3 N–H and O–H groups in total. The molecule has 5 nitrogen and oxygen atoms in total. The number of halogens is 3. The van der Waals surface area contributed by atoms with Crippen molar-refractivity contribution in [3.05, 3.63) is 0 Å². The highest BCUT2D eigenvalue weighted by atomic mass is 19.4. The zero-order valence-corrected chi connectivity index (χ0v) is 12.5. The number of carbonyl (C=O) groups is 2. The second-order valence-electron chi connectivity index (χ2n) is 6.66. The summed E-state index contributed by atoms with van der Waals surface area (Å²) >= 11 is 0. The standard InChI is InChI=1S/C11H20N2O.C2HF3O2/c1-10(2,3)13-9(14)11(4)7-5-12-6-8(7)11;3-2(4,5)1(6)7/h7-8,12H,5-6H2,1-4H3,(H,13,14);(H,6,7)/t7-,8+,11?;. The molecule has 0 aromatic carbocycles. The number of rotatable bonds is 1. The lowest BCUT2D eigenvalue weighted by Gasteiger charge is -2.25. The number of alkyl halides is 3. The third kappa shape index (κ3) is 4.09. The minimum absolute atomic E-state index is 0.0848. The molecule has 0 radical (unpaired) electrons. The van der Waals surface area contributed by atoms with Crippen LogP contribution in [0.5, 0.6) is 0 Å². The van der Waals surface area contributed by atoms with E-state index < -0.39 is 12.1 Å². The van der Waals surface area contributed by atoms with Crippen molar-refractivity contribution >= 4 is 11.9 Å². The number of nitrogens with one attached hydrogen (secondary N) is 2. The first-order chi connectivity index (χ1) is 9.30. The summed E-state index contributed by atoms with van der Waals surface area (Å²) in [5, 5.41) is 13.5. The van der Waals surface area contributed by atoms with Crippen LogP contribution in [0.4, 0.5) is 13.2 Å². The van der Waals surface area contributed by atoms with E-state index >= 15 is 0 Å². The maximum absolute atomic E-state index is 12.0. The summed E-state index contributed by atoms with van der Waals surface area (Å²) in [6.45, 7) is 10.2. The Kier molecular flexibility index (Phi) is 4.62. The molecule has 0 aromatic rings. The highest BCUT2D eigenvalue weighted by Crippen LogP contribution is 2.60. The zero-order chi connectivity index (χ0) is 16.6. The van der Waals surface area contributed by atoms with E-state index in [0.29, 0.717) is 11.8 Å². The molecule has 0 bridgehead atoms. The Labute approximate surface area is 121 Å². The Hall–Kier alpha value is -1.31. The van der Waals surface area contributed by atoms with Gasteiger partial charge in [-0.2, -0.15) is 13.2 Å². The highest BCUT2D eigenvalue weighted by Gasteiger charge is 2.67. The van der Waals surface area contributed by atoms with Crippen LogP contribution < -0.4 is 10.6 Å². The van der Waals surface area contributed by atoms with Crippen LogP contribution in [0.3, 0.4) is 0 Å². The third-order valence-electron chi connectivity index (χ3n) is 3.87. The van der Waals surface area contributed by atoms with Crippen LogP contribution in [0, 0.1) is 17.3 Å². The Morgan fingerprint density at radius 3 is 1.86 bits per heavy atom. The fourth-order valence-corrected chi connectivity index (χ4v) is 2.61. The van der Waals surface area contributed by atoms with Crippen molar-refractivity contribution in [1.82, 2.24) is 10.6 Å². The number of aliphatic carboxylic acids is 1. The van der Waals surface area contributed by atoms with Gasteiger partial charge in [0.2, 0.25) is 5.91 Å². The molecule has 8 heteroatoms. The van der Waals surface area contributed by atoms with Gasteiger partial charge < -0.3 is 15.7 Å². The normalized spacial score (nSPS) is 30.8. The number of carboxylic acid groups (broad SMARTS) is 1. The molecule has 1 saturated heterocycles. The lowest BCUT2D eigenvalue weighted by Crippen LogP contribution is -2.46. The summed E-state index contributed by atoms with van der Waals surface area (Å²) in [7, 11) is 0. The average molecular weight is 310 g/mol. The van der Waals surface area contributed by atoms with Crippen molar-refractivity contribution in [2.24, 2.45) is 17.3 Å². The second kappa shape index (κ2) is 5.47. The summed E-state index contributed by atoms with van der Waals surface area (Å²) < 4.78 is 31.7. The molecule has 1 aliphatic carbocycles. The van der Waals surface area contributed by atoms with Gasteiger partial charge in [0.05, 0.1) is 5.41 Å². The highest BCUT2D eigenvalue weighted by molar-refractivity contribution is 5.87. The summed E-state index contributed by atoms with van der Waals surface area (Å²) in [6.07, 6.45) is -5.08. The first-order valence-electron chi connectivity index (χ1n) is 6.63. The monoisotopic (exact) mass is 310 g/mol. The summed E-state index contributed by atoms with van der Waals surface area (Å²) in [5.41, 5.74) is -0.192. The predicted octanol–water partition coefficient (Wildman–Crippen LogP) is 1.39. The molecule has 3 atom stereocenters. The van der Waals surface area contributed by atoms with E-state index in [0.717, 1.165) is 13.1 Å². The van der Waals surface area contributed by atoms with Crippen molar-refractivity contribution in [3.63, 3.8) is 0 Å². The van der Waals surface area contributed by atoms with Crippen molar-refractivity contribution < 1.29 is 27.9 Å². The van der Waals surface area contributed by atoms with E-state index in [1.54, 1.807) is 0 Å². The number of carbonyl (C=O) groups excluding carboxylic acids is 1. The molecular formula is C13H21F3N2O3.